The fourth-order valence-electron chi connectivity index (χ4n) is 3.45. The molecule has 0 saturated carbocycles. The number of thiophene rings is 1. The van der Waals surface area contributed by atoms with Gasteiger partial charge in [-0.15, -0.1) is 11.3 Å². The van der Waals surface area contributed by atoms with Crippen molar-refractivity contribution in [2.24, 2.45) is 0 Å². The summed E-state index contributed by atoms with van der Waals surface area (Å²) in [5, 5.41) is 2.89. The Hall–Kier alpha value is -2.73. The van der Waals surface area contributed by atoms with Crippen molar-refractivity contribution in [2.45, 2.75) is 13.8 Å². The molecule has 6 heteroatoms. The molecule has 1 fully saturated rings. The van der Waals surface area contributed by atoms with E-state index in [2.05, 4.69) is 11.1 Å². The lowest BCUT2D eigenvalue weighted by Gasteiger charge is -2.34. The van der Waals surface area contributed by atoms with Gasteiger partial charge in [0.2, 0.25) is 0 Å². The summed E-state index contributed by atoms with van der Waals surface area (Å²) in [5.41, 5.74) is 3.44. The smallest absolute Gasteiger partial charge is 0.264 e. The van der Waals surface area contributed by atoms with Crippen LogP contribution in [-0.4, -0.2) is 52.8 Å². The highest BCUT2D eigenvalue weighted by Gasteiger charge is 2.27. The van der Waals surface area contributed by atoms with Crippen LogP contribution >= 0.6 is 11.3 Å². The Kier molecular flexibility index (Phi) is 4.66. The van der Waals surface area contributed by atoms with E-state index < -0.39 is 0 Å². The van der Waals surface area contributed by atoms with Crippen LogP contribution in [0, 0.1) is 13.8 Å². The predicted octanol–water partition coefficient (Wildman–Crippen LogP) is 3.51. The van der Waals surface area contributed by atoms with Crippen molar-refractivity contribution >= 4 is 34.1 Å². The molecule has 3 aromatic rings. The molecule has 0 N–H and O–H groups in total. The highest BCUT2D eigenvalue weighted by atomic mass is 32.1. The maximum Gasteiger partial charge on any atom is 0.264 e. The molecule has 27 heavy (non-hydrogen) atoms. The third-order valence-corrected chi connectivity index (χ3v) is 5.84. The summed E-state index contributed by atoms with van der Waals surface area (Å²) in [6.45, 7) is 6.11. The van der Waals surface area contributed by atoms with E-state index in [-0.39, 0.29) is 11.8 Å². The van der Waals surface area contributed by atoms with Crippen molar-refractivity contribution < 1.29 is 9.59 Å². The van der Waals surface area contributed by atoms with Gasteiger partial charge >= 0.3 is 0 Å². The van der Waals surface area contributed by atoms with Crippen molar-refractivity contribution in [3.8, 4) is 0 Å². The largest absolute Gasteiger partial charge is 0.335 e. The van der Waals surface area contributed by atoms with Gasteiger partial charge in [-0.05, 0) is 43.5 Å². The summed E-state index contributed by atoms with van der Waals surface area (Å²) in [6, 6.07) is 11.7. The van der Waals surface area contributed by atoms with Crippen LogP contribution in [0.25, 0.3) is 10.9 Å². The fraction of sp³-hybridized carbons (Fsp3) is 0.286. The standard InChI is InChI=1S/C21H21N3O2S/c1-14-5-6-18-16(12-14)13-17(15(2)22-18)20(25)23-7-9-24(10-8-23)21(26)19-4-3-11-27-19/h3-6,11-13H,7-10H2,1-2H3. The van der Waals surface area contributed by atoms with Gasteiger partial charge in [-0.3, -0.25) is 14.6 Å². The molecule has 1 aliphatic rings. The zero-order chi connectivity index (χ0) is 19.0. The Morgan fingerprint density at radius 1 is 0.963 bits per heavy atom. The molecule has 1 aromatic carbocycles. The average molecular weight is 379 g/mol. The quantitative estimate of drug-likeness (QED) is 0.685. The molecule has 3 heterocycles. The van der Waals surface area contributed by atoms with Gasteiger partial charge in [0.15, 0.2) is 0 Å². The van der Waals surface area contributed by atoms with Gasteiger partial charge in [0.1, 0.15) is 0 Å². The van der Waals surface area contributed by atoms with Crippen molar-refractivity contribution in [2.75, 3.05) is 26.2 Å². The molecular weight excluding hydrogens is 358 g/mol. The summed E-state index contributed by atoms with van der Waals surface area (Å²) in [7, 11) is 0. The van der Waals surface area contributed by atoms with E-state index in [1.54, 1.807) is 0 Å². The minimum absolute atomic E-state index is 0.00775. The lowest BCUT2D eigenvalue weighted by molar-refractivity contribution is 0.0537. The number of aryl methyl sites for hydroxylation is 2. The first-order valence-corrected chi connectivity index (χ1v) is 9.91. The number of pyridine rings is 1. The number of hydrogen-bond acceptors (Lipinski definition) is 4. The Morgan fingerprint density at radius 2 is 1.67 bits per heavy atom. The molecule has 0 unspecified atom stereocenters. The minimum Gasteiger partial charge on any atom is -0.335 e. The Labute approximate surface area is 162 Å². The molecule has 0 radical (unpaired) electrons. The Bertz CT molecular complexity index is 1010. The molecule has 0 atom stereocenters. The number of amides is 2. The highest BCUT2D eigenvalue weighted by Crippen LogP contribution is 2.20. The third kappa shape index (κ3) is 3.45. The van der Waals surface area contributed by atoms with Gasteiger partial charge in [-0.1, -0.05) is 17.7 Å². The summed E-state index contributed by atoms with van der Waals surface area (Å²) in [6.07, 6.45) is 0. The number of carbonyl (C=O) groups excluding carboxylic acids is 2. The van der Waals surface area contributed by atoms with E-state index >= 15 is 0 Å². The summed E-state index contributed by atoms with van der Waals surface area (Å²) >= 11 is 1.45. The van der Waals surface area contributed by atoms with Gasteiger partial charge in [0.25, 0.3) is 11.8 Å². The Balaban J connectivity index is 1.50. The fourth-order valence-corrected chi connectivity index (χ4v) is 4.14. The predicted molar refractivity (Wildman–Crippen MR) is 107 cm³/mol. The Morgan fingerprint density at radius 3 is 2.33 bits per heavy atom. The second kappa shape index (κ2) is 7.12. The molecule has 1 saturated heterocycles. The lowest BCUT2D eigenvalue weighted by Crippen LogP contribution is -2.50. The molecule has 0 aliphatic carbocycles. The first-order valence-electron chi connectivity index (χ1n) is 9.03. The maximum atomic E-state index is 13.0. The van der Waals surface area contributed by atoms with Crippen LogP contribution in [0.1, 0.15) is 31.3 Å². The number of aromatic nitrogens is 1. The van der Waals surface area contributed by atoms with Crippen molar-refractivity contribution in [1.29, 1.82) is 0 Å². The maximum absolute atomic E-state index is 13.0. The molecule has 0 bridgehead atoms. The van der Waals surface area contributed by atoms with Gasteiger partial charge < -0.3 is 9.80 Å². The van der Waals surface area contributed by atoms with Crippen LogP contribution in [-0.2, 0) is 0 Å². The van der Waals surface area contributed by atoms with E-state index in [4.69, 9.17) is 0 Å². The van der Waals surface area contributed by atoms with Crippen molar-refractivity contribution in [3.63, 3.8) is 0 Å². The van der Waals surface area contributed by atoms with E-state index in [1.807, 2.05) is 59.4 Å². The molecule has 4 rings (SSSR count). The van der Waals surface area contributed by atoms with Crippen LogP contribution in [0.3, 0.4) is 0 Å². The second-order valence-corrected chi connectivity index (χ2v) is 7.83. The molecule has 0 spiro atoms. The van der Waals surface area contributed by atoms with Crippen LogP contribution < -0.4 is 0 Å². The summed E-state index contributed by atoms with van der Waals surface area (Å²) < 4.78 is 0. The van der Waals surface area contributed by atoms with E-state index in [0.717, 1.165) is 27.0 Å². The van der Waals surface area contributed by atoms with Gasteiger partial charge in [-0.25, -0.2) is 0 Å². The van der Waals surface area contributed by atoms with Gasteiger partial charge in [0, 0.05) is 31.6 Å². The van der Waals surface area contributed by atoms with Gasteiger partial charge in [-0.2, -0.15) is 0 Å². The van der Waals surface area contributed by atoms with Crippen LogP contribution in [0.2, 0.25) is 0 Å². The van der Waals surface area contributed by atoms with Crippen molar-refractivity contribution in [1.82, 2.24) is 14.8 Å². The normalized spacial score (nSPS) is 14.6. The van der Waals surface area contributed by atoms with E-state index in [9.17, 15) is 9.59 Å². The van der Waals surface area contributed by atoms with Gasteiger partial charge in [0.05, 0.1) is 21.7 Å². The van der Waals surface area contributed by atoms with Crippen molar-refractivity contribution in [3.05, 3.63) is 63.5 Å². The number of fused-ring (bicyclic) bond motifs is 1. The zero-order valence-electron chi connectivity index (χ0n) is 15.4. The molecule has 2 amide bonds. The lowest BCUT2D eigenvalue weighted by atomic mass is 10.1. The number of hydrogen-bond donors (Lipinski definition) is 0. The zero-order valence-corrected chi connectivity index (χ0v) is 16.3. The number of piperazine rings is 1. The van der Waals surface area contributed by atoms with Crippen LogP contribution in [0.4, 0.5) is 0 Å². The van der Waals surface area contributed by atoms with E-state index in [1.165, 1.54) is 11.3 Å². The third-order valence-electron chi connectivity index (χ3n) is 4.98. The number of carbonyl (C=O) groups is 2. The summed E-state index contributed by atoms with van der Waals surface area (Å²) in [5.74, 6) is 0.0442. The van der Waals surface area contributed by atoms with Crippen LogP contribution in [0.5, 0.6) is 0 Å². The molecular formula is C21H21N3O2S. The monoisotopic (exact) mass is 379 g/mol. The molecule has 2 aromatic heterocycles. The summed E-state index contributed by atoms with van der Waals surface area (Å²) in [4.78, 5) is 34.5. The minimum atomic E-state index is -0.00775. The second-order valence-electron chi connectivity index (χ2n) is 6.88. The number of nitrogens with zero attached hydrogens (tertiary/aromatic N) is 3. The SMILES string of the molecule is Cc1ccc2nc(C)c(C(=O)N3CCN(C(=O)c4cccs4)CC3)cc2c1. The molecule has 5 nitrogen and oxygen atoms in total. The van der Waals surface area contributed by atoms with E-state index in [0.29, 0.717) is 31.7 Å². The number of rotatable bonds is 2. The topological polar surface area (TPSA) is 53.5 Å². The highest BCUT2D eigenvalue weighted by molar-refractivity contribution is 7.12. The first-order chi connectivity index (χ1) is 13.0. The first kappa shape index (κ1) is 17.7. The average Bonchev–Trinajstić information content (AvgIpc) is 3.21. The number of benzene rings is 1. The van der Waals surface area contributed by atoms with Crippen LogP contribution in [0.15, 0.2) is 41.8 Å². The molecule has 138 valence electrons. The molecule has 1 aliphatic heterocycles.